The maximum Gasteiger partial charge on any atom is -0.0443 e. The van der Waals surface area contributed by atoms with Crippen LogP contribution in [0.1, 0.15) is 41.0 Å². The van der Waals surface area contributed by atoms with Gasteiger partial charge < -0.3 is 0 Å². The molecular weight excluding hydrogens is 84.1 g/mol. The van der Waals surface area contributed by atoms with Gasteiger partial charge in [-0.3, -0.25) is 0 Å². The summed E-state index contributed by atoms with van der Waals surface area (Å²) >= 11 is 0. The molecular formula is C7H18. The van der Waals surface area contributed by atoms with Gasteiger partial charge in [0, 0.05) is 0 Å². The largest absolute Gasteiger partial charge is 0.0776 e. The lowest BCUT2D eigenvalue weighted by molar-refractivity contribution is 0.983. The minimum Gasteiger partial charge on any atom is -0.0776 e. The summed E-state index contributed by atoms with van der Waals surface area (Å²) in [6.07, 6.45) is 2.97. The number of rotatable bonds is 0. The summed E-state index contributed by atoms with van der Waals surface area (Å²) in [4.78, 5) is 0. The first kappa shape index (κ1) is 10.1. The monoisotopic (exact) mass is 102 g/mol. The molecule has 1 saturated carbocycles. The molecule has 7 heavy (non-hydrogen) atoms. The summed E-state index contributed by atoms with van der Waals surface area (Å²) in [7, 11) is 0. The van der Waals surface area contributed by atoms with Crippen LogP contribution >= 0.6 is 0 Å². The predicted molar refractivity (Wildman–Crippen MR) is 36.5 cm³/mol. The molecule has 0 bridgehead atoms. The molecule has 0 saturated heterocycles. The van der Waals surface area contributed by atoms with Crippen molar-refractivity contribution < 1.29 is 0 Å². The van der Waals surface area contributed by atoms with Crippen molar-refractivity contribution in [2.24, 2.45) is 5.92 Å². The van der Waals surface area contributed by atoms with Crippen LogP contribution < -0.4 is 0 Å². The average molecular weight is 102 g/mol. The Labute approximate surface area is 47.9 Å². The van der Waals surface area contributed by atoms with Gasteiger partial charge in [-0.1, -0.05) is 41.0 Å². The zero-order chi connectivity index (χ0) is 4.99. The lowest BCUT2D eigenvalue weighted by atomic mass is 10.5. The van der Waals surface area contributed by atoms with E-state index in [4.69, 9.17) is 0 Å². The fourth-order valence-electron chi connectivity index (χ4n) is 0.167. The van der Waals surface area contributed by atoms with Crippen LogP contribution in [-0.4, -0.2) is 0 Å². The van der Waals surface area contributed by atoms with Gasteiger partial charge in [-0.25, -0.2) is 0 Å². The molecule has 1 aliphatic carbocycles. The van der Waals surface area contributed by atoms with Gasteiger partial charge in [0.05, 0.1) is 0 Å². The summed E-state index contributed by atoms with van der Waals surface area (Å²) in [5.74, 6) is 1.08. The summed E-state index contributed by atoms with van der Waals surface area (Å²) in [6, 6.07) is 0. The van der Waals surface area contributed by atoms with Crippen molar-refractivity contribution in [3.63, 3.8) is 0 Å². The lowest BCUT2D eigenvalue weighted by Crippen LogP contribution is -1.42. The molecule has 0 heteroatoms. The lowest BCUT2D eigenvalue weighted by Gasteiger charge is -1.53. The van der Waals surface area contributed by atoms with Crippen LogP contribution in [0.15, 0.2) is 0 Å². The topological polar surface area (TPSA) is 0 Å². The summed E-state index contributed by atoms with van der Waals surface area (Å²) in [5.41, 5.74) is 0. The van der Waals surface area contributed by atoms with E-state index in [2.05, 4.69) is 6.92 Å². The van der Waals surface area contributed by atoms with E-state index in [0.29, 0.717) is 0 Å². The van der Waals surface area contributed by atoms with E-state index in [0.717, 1.165) is 5.92 Å². The van der Waals surface area contributed by atoms with E-state index in [1.165, 1.54) is 12.8 Å². The van der Waals surface area contributed by atoms with Crippen molar-refractivity contribution >= 4 is 0 Å². The molecule has 0 spiro atoms. The molecule has 0 nitrogen and oxygen atoms in total. The van der Waals surface area contributed by atoms with Gasteiger partial charge in [0.2, 0.25) is 0 Å². The highest BCUT2D eigenvalue weighted by molar-refractivity contribution is 4.65. The quantitative estimate of drug-likeness (QED) is 0.441. The minimum absolute atomic E-state index is 0. The standard InChI is InChI=1S/C4H8.C2H6.CH4/c1-4-2-3-4;1-2;/h4H,2-3H2,1H3;1-2H3;1H4. The van der Waals surface area contributed by atoms with Crippen LogP contribution in [0.25, 0.3) is 0 Å². The third kappa shape index (κ3) is 10.7. The third-order valence-electron chi connectivity index (χ3n) is 0.866. The van der Waals surface area contributed by atoms with Gasteiger partial charge >= 0.3 is 0 Å². The van der Waals surface area contributed by atoms with Crippen LogP contribution in [0.4, 0.5) is 0 Å². The smallest absolute Gasteiger partial charge is 0.0443 e. The molecule has 0 radical (unpaired) electrons. The fourth-order valence-corrected chi connectivity index (χ4v) is 0.167. The minimum atomic E-state index is 0. The van der Waals surface area contributed by atoms with Crippen LogP contribution in [0.3, 0.4) is 0 Å². The van der Waals surface area contributed by atoms with Gasteiger partial charge in [0.25, 0.3) is 0 Å². The molecule has 0 aromatic heterocycles. The molecule has 0 aromatic carbocycles. The summed E-state index contributed by atoms with van der Waals surface area (Å²) in [6.45, 7) is 6.28. The van der Waals surface area contributed by atoms with E-state index in [9.17, 15) is 0 Å². The summed E-state index contributed by atoms with van der Waals surface area (Å²) in [5, 5.41) is 0. The second kappa shape index (κ2) is 6.00. The molecule has 1 rings (SSSR count). The highest BCUT2D eigenvalue weighted by Gasteiger charge is 2.12. The molecule has 0 amide bonds. The molecule has 0 aromatic rings. The zero-order valence-electron chi connectivity index (χ0n) is 4.99. The Bertz CT molecular complexity index is 19.2. The van der Waals surface area contributed by atoms with Crippen LogP contribution in [-0.2, 0) is 0 Å². The highest BCUT2D eigenvalue weighted by atomic mass is 14.2. The first-order valence-corrected chi connectivity index (χ1v) is 2.89. The fraction of sp³-hybridized carbons (Fsp3) is 1.00. The molecule has 1 fully saturated rings. The Balaban J connectivity index is 0. The van der Waals surface area contributed by atoms with Gasteiger partial charge in [-0.05, 0) is 5.92 Å². The molecule has 1 aliphatic rings. The molecule has 0 unspecified atom stereocenters. The SMILES string of the molecule is C.CC.CC1CC1. The van der Waals surface area contributed by atoms with Crippen molar-refractivity contribution in [3.05, 3.63) is 0 Å². The van der Waals surface area contributed by atoms with Crippen LogP contribution in [0.2, 0.25) is 0 Å². The van der Waals surface area contributed by atoms with E-state index in [1.807, 2.05) is 13.8 Å². The summed E-state index contributed by atoms with van der Waals surface area (Å²) < 4.78 is 0. The maximum atomic E-state index is 2.28. The Morgan fingerprint density at radius 3 is 1.29 bits per heavy atom. The van der Waals surface area contributed by atoms with Gasteiger partial charge in [0.15, 0.2) is 0 Å². The first-order valence-electron chi connectivity index (χ1n) is 2.89. The highest BCUT2D eigenvalue weighted by Crippen LogP contribution is 2.26. The maximum absolute atomic E-state index is 2.28. The van der Waals surface area contributed by atoms with Crippen molar-refractivity contribution in [1.82, 2.24) is 0 Å². The van der Waals surface area contributed by atoms with Crippen LogP contribution in [0.5, 0.6) is 0 Å². The predicted octanol–water partition coefficient (Wildman–Crippen LogP) is 3.08. The van der Waals surface area contributed by atoms with Crippen molar-refractivity contribution in [2.75, 3.05) is 0 Å². The van der Waals surface area contributed by atoms with E-state index < -0.39 is 0 Å². The Morgan fingerprint density at radius 2 is 1.29 bits per heavy atom. The molecule has 0 atom stereocenters. The average Bonchev–Trinajstić information content (AvgIpc) is 2.30. The zero-order valence-corrected chi connectivity index (χ0v) is 4.99. The van der Waals surface area contributed by atoms with Crippen molar-refractivity contribution in [2.45, 2.75) is 41.0 Å². The van der Waals surface area contributed by atoms with Gasteiger partial charge in [-0.15, -0.1) is 0 Å². The number of hydrogen-bond acceptors (Lipinski definition) is 0. The number of hydrogen-bond donors (Lipinski definition) is 0. The van der Waals surface area contributed by atoms with Crippen molar-refractivity contribution in [1.29, 1.82) is 0 Å². The van der Waals surface area contributed by atoms with Gasteiger partial charge in [-0.2, -0.15) is 0 Å². The van der Waals surface area contributed by atoms with E-state index >= 15 is 0 Å². The Morgan fingerprint density at radius 1 is 1.14 bits per heavy atom. The third-order valence-corrected chi connectivity index (χ3v) is 0.866. The second-order valence-corrected chi connectivity index (χ2v) is 1.68. The molecule has 0 N–H and O–H groups in total. The van der Waals surface area contributed by atoms with Crippen molar-refractivity contribution in [3.8, 4) is 0 Å². The molecule has 0 aliphatic heterocycles. The second-order valence-electron chi connectivity index (χ2n) is 1.68. The molecule has 46 valence electrons. The van der Waals surface area contributed by atoms with E-state index in [1.54, 1.807) is 0 Å². The van der Waals surface area contributed by atoms with Gasteiger partial charge in [0.1, 0.15) is 0 Å². The Hall–Kier alpha value is 0. The Kier molecular flexibility index (Phi) is 8.64. The first-order chi connectivity index (χ1) is 2.89. The molecule has 0 heterocycles. The van der Waals surface area contributed by atoms with Crippen LogP contribution in [0, 0.1) is 5.92 Å². The van der Waals surface area contributed by atoms with E-state index in [-0.39, 0.29) is 7.43 Å². The normalized spacial score (nSPS) is 15.9.